The van der Waals surface area contributed by atoms with Crippen LogP contribution in [0.25, 0.3) is 28.1 Å². The molecule has 5 nitrogen and oxygen atoms in total. The molecule has 3 aromatic carbocycles. The Morgan fingerprint density at radius 3 is 2.33 bits per heavy atom. The van der Waals surface area contributed by atoms with Gasteiger partial charge < -0.3 is 14.8 Å². The van der Waals surface area contributed by atoms with E-state index in [0.29, 0.717) is 13.2 Å². The Kier molecular flexibility index (Phi) is 3.98. The Morgan fingerprint density at radius 1 is 0.767 bits per heavy atom. The molecule has 4 aromatic rings. The van der Waals surface area contributed by atoms with Crippen LogP contribution in [0.15, 0.2) is 72.8 Å². The van der Waals surface area contributed by atoms with Gasteiger partial charge in [-0.15, -0.1) is 0 Å². The molecule has 2 aliphatic rings. The zero-order valence-corrected chi connectivity index (χ0v) is 16.5. The minimum atomic E-state index is 0.574. The van der Waals surface area contributed by atoms with Crippen molar-refractivity contribution in [2.45, 2.75) is 6.42 Å². The van der Waals surface area contributed by atoms with Crippen LogP contribution >= 0.6 is 0 Å². The molecule has 0 amide bonds. The highest BCUT2D eigenvalue weighted by Crippen LogP contribution is 2.38. The van der Waals surface area contributed by atoms with E-state index in [9.17, 15) is 0 Å². The molecule has 1 N–H and O–H groups in total. The molecule has 148 valence electrons. The molecule has 1 aromatic heterocycles. The smallest absolute Gasteiger partial charge is 0.163 e. The summed E-state index contributed by atoms with van der Waals surface area (Å²) in [7, 11) is 0. The maximum absolute atomic E-state index is 5.77. The van der Waals surface area contributed by atoms with Crippen LogP contribution in [0.2, 0.25) is 0 Å². The number of aromatic nitrogens is 2. The van der Waals surface area contributed by atoms with Crippen LogP contribution in [0.1, 0.15) is 5.56 Å². The van der Waals surface area contributed by atoms with Gasteiger partial charge in [-0.05, 0) is 29.7 Å². The largest absolute Gasteiger partial charge is 0.486 e. The van der Waals surface area contributed by atoms with E-state index in [2.05, 4.69) is 53.8 Å². The minimum absolute atomic E-state index is 0.574. The first-order valence-electron chi connectivity index (χ1n) is 10.3. The Hall–Kier alpha value is -3.73. The van der Waals surface area contributed by atoms with Crippen molar-refractivity contribution in [1.82, 2.24) is 9.78 Å². The molecule has 2 aliphatic heterocycles. The molecule has 0 radical (unpaired) electrons. The molecule has 6 rings (SSSR count). The van der Waals surface area contributed by atoms with E-state index in [4.69, 9.17) is 14.6 Å². The van der Waals surface area contributed by atoms with Crippen molar-refractivity contribution in [2.24, 2.45) is 0 Å². The number of anilines is 1. The van der Waals surface area contributed by atoms with Crippen LogP contribution < -0.4 is 14.8 Å². The fraction of sp³-hybridized carbons (Fsp3) is 0.160. The summed E-state index contributed by atoms with van der Waals surface area (Å²) in [4.78, 5) is 0. The summed E-state index contributed by atoms with van der Waals surface area (Å²) in [5.74, 6) is 2.63. The lowest BCUT2D eigenvalue weighted by atomic mass is 10.0. The van der Waals surface area contributed by atoms with Crippen molar-refractivity contribution in [3.05, 3.63) is 78.4 Å². The summed E-state index contributed by atoms with van der Waals surface area (Å²) in [6.07, 6.45) is 0.968. The second kappa shape index (κ2) is 6.95. The number of hydrogen-bond acceptors (Lipinski definition) is 4. The average molecular weight is 395 g/mol. The Labute approximate surface area is 174 Å². The third-order valence-corrected chi connectivity index (χ3v) is 5.69. The lowest BCUT2D eigenvalue weighted by Crippen LogP contribution is -2.15. The second-order valence-electron chi connectivity index (χ2n) is 7.54. The van der Waals surface area contributed by atoms with Crippen LogP contribution in [0.4, 0.5) is 5.82 Å². The molecule has 0 unspecified atom stereocenters. The van der Waals surface area contributed by atoms with Crippen LogP contribution in [0, 0.1) is 0 Å². The van der Waals surface area contributed by atoms with E-state index in [1.54, 1.807) is 0 Å². The van der Waals surface area contributed by atoms with Crippen molar-refractivity contribution in [3.63, 3.8) is 0 Å². The molecule has 0 spiro atoms. The van der Waals surface area contributed by atoms with E-state index in [-0.39, 0.29) is 0 Å². The van der Waals surface area contributed by atoms with Gasteiger partial charge in [-0.1, -0.05) is 54.6 Å². The number of benzene rings is 3. The maximum Gasteiger partial charge on any atom is 0.163 e. The third kappa shape index (κ3) is 2.82. The predicted octanol–water partition coefficient (Wildman–Crippen LogP) is 4.95. The summed E-state index contributed by atoms with van der Waals surface area (Å²) >= 11 is 0. The number of nitrogens with one attached hydrogen (secondary N) is 1. The monoisotopic (exact) mass is 395 g/mol. The molecule has 0 saturated carbocycles. The summed E-state index contributed by atoms with van der Waals surface area (Å²) in [5.41, 5.74) is 6.82. The third-order valence-electron chi connectivity index (χ3n) is 5.69. The zero-order chi connectivity index (χ0) is 19.9. The van der Waals surface area contributed by atoms with Crippen molar-refractivity contribution < 1.29 is 9.47 Å². The Bertz CT molecular complexity index is 1210. The van der Waals surface area contributed by atoms with Crippen molar-refractivity contribution in [1.29, 1.82) is 0 Å². The van der Waals surface area contributed by atoms with Gasteiger partial charge in [-0.25, -0.2) is 4.68 Å². The predicted molar refractivity (Wildman–Crippen MR) is 118 cm³/mol. The molecule has 5 heteroatoms. The van der Waals surface area contributed by atoms with Gasteiger partial charge in [0.25, 0.3) is 0 Å². The average Bonchev–Trinajstić information content (AvgIpc) is 3.43. The standard InChI is InChI=1S/C25H21N3O2/c1-2-4-17(5-3-1)18-6-8-19(9-7-18)24-21-12-13-26-25(21)28(27-24)20-10-11-22-23(16-20)30-15-14-29-22/h1-11,16,26H,12-15H2. The number of fused-ring (bicyclic) bond motifs is 2. The fourth-order valence-electron chi connectivity index (χ4n) is 4.21. The molecule has 3 heterocycles. The first kappa shape index (κ1) is 17.2. The van der Waals surface area contributed by atoms with Crippen LogP contribution in [0.5, 0.6) is 11.5 Å². The topological polar surface area (TPSA) is 48.3 Å². The fourth-order valence-corrected chi connectivity index (χ4v) is 4.21. The van der Waals surface area contributed by atoms with E-state index in [0.717, 1.165) is 47.2 Å². The van der Waals surface area contributed by atoms with Crippen molar-refractivity contribution >= 4 is 5.82 Å². The molecule has 0 bridgehead atoms. The highest BCUT2D eigenvalue weighted by molar-refractivity contribution is 5.75. The molecule has 0 atom stereocenters. The van der Waals surface area contributed by atoms with Crippen molar-refractivity contribution in [3.8, 4) is 39.6 Å². The zero-order valence-electron chi connectivity index (χ0n) is 16.5. The first-order chi connectivity index (χ1) is 14.9. The number of rotatable bonds is 3. The summed E-state index contributed by atoms with van der Waals surface area (Å²) < 4.78 is 13.4. The number of hydrogen-bond donors (Lipinski definition) is 1. The van der Waals surface area contributed by atoms with E-state index >= 15 is 0 Å². The van der Waals surface area contributed by atoms with Gasteiger partial charge in [0.05, 0.1) is 11.4 Å². The lowest BCUT2D eigenvalue weighted by molar-refractivity contribution is 0.171. The summed E-state index contributed by atoms with van der Waals surface area (Å²) in [6, 6.07) is 25.1. The van der Waals surface area contributed by atoms with Gasteiger partial charge >= 0.3 is 0 Å². The normalized spacial score (nSPS) is 14.3. The van der Waals surface area contributed by atoms with Crippen LogP contribution in [-0.4, -0.2) is 29.5 Å². The molecular formula is C25H21N3O2. The molecule has 0 saturated heterocycles. The highest BCUT2D eigenvalue weighted by Gasteiger charge is 2.25. The van der Waals surface area contributed by atoms with E-state index in [1.165, 1.54) is 16.7 Å². The van der Waals surface area contributed by atoms with Crippen LogP contribution in [-0.2, 0) is 6.42 Å². The maximum atomic E-state index is 5.77. The highest BCUT2D eigenvalue weighted by atomic mass is 16.6. The SMILES string of the molecule is c1ccc(-c2ccc(-c3nn(-c4ccc5c(c4)OCCO5)c4c3CCN4)cc2)cc1. The molecule has 0 fully saturated rings. The van der Waals surface area contributed by atoms with E-state index < -0.39 is 0 Å². The first-order valence-corrected chi connectivity index (χ1v) is 10.3. The second-order valence-corrected chi connectivity index (χ2v) is 7.54. The quantitative estimate of drug-likeness (QED) is 0.533. The van der Waals surface area contributed by atoms with Gasteiger partial charge in [-0.3, -0.25) is 0 Å². The summed E-state index contributed by atoms with van der Waals surface area (Å²) in [5, 5.41) is 8.48. The summed E-state index contributed by atoms with van der Waals surface area (Å²) in [6.45, 7) is 2.09. The molecule has 30 heavy (non-hydrogen) atoms. The number of nitrogens with zero attached hydrogens (tertiary/aromatic N) is 2. The lowest BCUT2D eigenvalue weighted by Gasteiger charge is -2.19. The Morgan fingerprint density at radius 2 is 1.50 bits per heavy atom. The number of ether oxygens (including phenoxy) is 2. The van der Waals surface area contributed by atoms with Crippen LogP contribution in [0.3, 0.4) is 0 Å². The van der Waals surface area contributed by atoms with E-state index in [1.807, 2.05) is 28.9 Å². The molecule has 0 aliphatic carbocycles. The van der Waals surface area contributed by atoms with Crippen molar-refractivity contribution in [2.75, 3.05) is 25.1 Å². The van der Waals surface area contributed by atoms with Gasteiger partial charge in [0, 0.05) is 23.7 Å². The molecular weight excluding hydrogens is 374 g/mol. The Balaban J connectivity index is 1.40. The van der Waals surface area contributed by atoms with Gasteiger partial charge in [-0.2, -0.15) is 5.10 Å². The van der Waals surface area contributed by atoms with Gasteiger partial charge in [0.1, 0.15) is 19.0 Å². The van der Waals surface area contributed by atoms with Gasteiger partial charge in [0.15, 0.2) is 11.5 Å². The minimum Gasteiger partial charge on any atom is -0.486 e. The van der Waals surface area contributed by atoms with Gasteiger partial charge in [0.2, 0.25) is 0 Å².